The number of benzene rings is 2. The second-order valence-corrected chi connectivity index (χ2v) is 8.39. The van der Waals surface area contributed by atoms with Gasteiger partial charge in [0.1, 0.15) is 11.2 Å². The van der Waals surface area contributed by atoms with E-state index < -0.39 is 5.82 Å². The first kappa shape index (κ1) is 22.0. The number of para-hydroxylation sites is 1. The highest BCUT2D eigenvalue weighted by Crippen LogP contribution is 2.31. The summed E-state index contributed by atoms with van der Waals surface area (Å²) in [7, 11) is 1.64. The third kappa shape index (κ3) is 3.88. The first-order chi connectivity index (χ1) is 15.3. The number of ether oxygens (including phenoxy) is 1. The summed E-state index contributed by atoms with van der Waals surface area (Å²) >= 11 is 0. The Morgan fingerprint density at radius 1 is 1.28 bits per heavy atom. The Hall–Kier alpha value is -3.19. The van der Waals surface area contributed by atoms with Crippen LogP contribution in [0, 0.1) is 12.7 Å². The fourth-order valence-electron chi connectivity index (χ4n) is 4.23. The maximum atomic E-state index is 15.1. The molecule has 1 aliphatic heterocycles. The summed E-state index contributed by atoms with van der Waals surface area (Å²) in [6.07, 6.45) is 0. The standard InChI is InChI=1S/C25H29FN4O2/c1-15(2)18-8-6-7-9-20(18)27-17(4)19-14-16(3)22(26)21-23(19)28-25(29(5)24(21)31)30-10-12-32-13-11-30/h6-9,14,17,27H,1,10-13H2,2-5H3. The monoisotopic (exact) mass is 436 g/mol. The topological polar surface area (TPSA) is 59.4 Å². The maximum absolute atomic E-state index is 15.1. The number of nitrogens with zero attached hydrogens (tertiary/aromatic N) is 3. The Kier molecular flexibility index (Phi) is 6.02. The third-order valence-corrected chi connectivity index (χ3v) is 6.00. The SMILES string of the molecule is C=C(C)c1ccccc1NC(C)c1cc(C)c(F)c2c(=O)n(C)c(N3CCOCC3)nc12. The lowest BCUT2D eigenvalue weighted by Crippen LogP contribution is -2.40. The Labute approximate surface area is 187 Å². The van der Waals surface area contributed by atoms with Gasteiger partial charge in [-0.15, -0.1) is 0 Å². The Morgan fingerprint density at radius 3 is 2.66 bits per heavy atom. The number of anilines is 2. The predicted molar refractivity (Wildman–Crippen MR) is 128 cm³/mol. The zero-order valence-corrected chi connectivity index (χ0v) is 19.0. The first-order valence-corrected chi connectivity index (χ1v) is 10.8. The van der Waals surface area contributed by atoms with E-state index in [1.807, 2.05) is 43.0 Å². The number of nitrogens with one attached hydrogen (secondary N) is 1. The van der Waals surface area contributed by atoms with Gasteiger partial charge in [-0.3, -0.25) is 9.36 Å². The molecule has 1 fully saturated rings. The summed E-state index contributed by atoms with van der Waals surface area (Å²) in [6, 6.07) is 9.50. The highest BCUT2D eigenvalue weighted by atomic mass is 19.1. The number of aryl methyl sites for hydroxylation is 1. The molecule has 1 atom stereocenters. The largest absolute Gasteiger partial charge is 0.378 e. The molecule has 3 aromatic rings. The van der Waals surface area contributed by atoms with E-state index in [1.165, 1.54) is 4.57 Å². The van der Waals surface area contributed by atoms with Crippen molar-refractivity contribution >= 4 is 28.1 Å². The third-order valence-electron chi connectivity index (χ3n) is 6.00. The molecule has 1 unspecified atom stereocenters. The van der Waals surface area contributed by atoms with Crippen molar-refractivity contribution in [3.05, 3.63) is 69.8 Å². The van der Waals surface area contributed by atoms with E-state index in [9.17, 15) is 4.79 Å². The van der Waals surface area contributed by atoms with Crippen LogP contribution in [0.4, 0.5) is 16.0 Å². The molecular weight excluding hydrogens is 407 g/mol. The highest BCUT2D eigenvalue weighted by Gasteiger charge is 2.24. The van der Waals surface area contributed by atoms with Gasteiger partial charge in [0.15, 0.2) is 0 Å². The van der Waals surface area contributed by atoms with Gasteiger partial charge in [-0.2, -0.15) is 0 Å². The van der Waals surface area contributed by atoms with Gasteiger partial charge >= 0.3 is 0 Å². The van der Waals surface area contributed by atoms with Crippen LogP contribution in [0.2, 0.25) is 0 Å². The number of morpholine rings is 1. The fraction of sp³-hybridized carbons (Fsp3) is 0.360. The smallest absolute Gasteiger partial charge is 0.265 e. The van der Waals surface area contributed by atoms with E-state index >= 15 is 4.39 Å². The quantitative estimate of drug-likeness (QED) is 0.642. The Balaban J connectivity index is 1.87. The van der Waals surface area contributed by atoms with Gasteiger partial charge in [0.05, 0.1) is 24.8 Å². The summed E-state index contributed by atoms with van der Waals surface area (Å²) in [6.45, 7) is 12.1. The zero-order valence-electron chi connectivity index (χ0n) is 19.0. The van der Waals surface area contributed by atoms with Crippen LogP contribution >= 0.6 is 0 Å². The zero-order chi connectivity index (χ0) is 23.0. The van der Waals surface area contributed by atoms with E-state index in [0.29, 0.717) is 43.3 Å². The van der Waals surface area contributed by atoms with Gasteiger partial charge in [0.25, 0.3) is 5.56 Å². The molecule has 1 aromatic heterocycles. The Morgan fingerprint density at radius 2 is 1.97 bits per heavy atom. The van der Waals surface area contributed by atoms with Crippen molar-refractivity contribution < 1.29 is 9.13 Å². The number of rotatable bonds is 5. The molecule has 2 heterocycles. The summed E-state index contributed by atoms with van der Waals surface area (Å²) < 4.78 is 22.0. The minimum atomic E-state index is -0.514. The molecule has 168 valence electrons. The van der Waals surface area contributed by atoms with Gasteiger partial charge in [-0.1, -0.05) is 24.8 Å². The van der Waals surface area contributed by atoms with Crippen LogP contribution in [0.1, 0.15) is 36.6 Å². The molecule has 0 radical (unpaired) electrons. The van der Waals surface area contributed by atoms with Crippen LogP contribution in [-0.2, 0) is 11.8 Å². The average molecular weight is 437 g/mol. The number of aromatic nitrogens is 2. The fourth-order valence-corrected chi connectivity index (χ4v) is 4.23. The van der Waals surface area contributed by atoms with Crippen LogP contribution < -0.4 is 15.8 Å². The molecule has 7 heteroatoms. The van der Waals surface area contributed by atoms with Gasteiger partial charge in [-0.05, 0) is 49.6 Å². The van der Waals surface area contributed by atoms with Gasteiger partial charge in [-0.25, -0.2) is 9.37 Å². The number of hydrogen-bond donors (Lipinski definition) is 1. The lowest BCUT2D eigenvalue weighted by molar-refractivity contribution is 0.121. The van der Waals surface area contributed by atoms with Crippen molar-refractivity contribution in [2.75, 3.05) is 36.5 Å². The molecule has 0 spiro atoms. The Bertz CT molecular complexity index is 1240. The van der Waals surface area contributed by atoms with E-state index in [2.05, 4.69) is 11.9 Å². The van der Waals surface area contributed by atoms with Crippen LogP contribution in [-0.4, -0.2) is 35.9 Å². The molecule has 4 rings (SSSR count). The van der Waals surface area contributed by atoms with E-state index in [1.54, 1.807) is 20.0 Å². The number of hydrogen-bond acceptors (Lipinski definition) is 5. The molecule has 32 heavy (non-hydrogen) atoms. The van der Waals surface area contributed by atoms with Crippen molar-refractivity contribution in [2.45, 2.75) is 26.8 Å². The molecule has 1 N–H and O–H groups in total. The first-order valence-electron chi connectivity index (χ1n) is 10.8. The second kappa shape index (κ2) is 8.74. The summed E-state index contributed by atoms with van der Waals surface area (Å²) in [5, 5.41) is 3.54. The van der Waals surface area contributed by atoms with Crippen LogP contribution in [0.15, 0.2) is 41.7 Å². The van der Waals surface area contributed by atoms with Gasteiger partial charge < -0.3 is 15.0 Å². The van der Waals surface area contributed by atoms with Crippen molar-refractivity contribution in [3.8, 4) is 0 Å². The summed E-state index contributed by atoms with van der Waals surface area (Å²) in [5.41, 5.74) is 4.11. The molecular formula is C25H29FN4O2. The van der Waals surface area contributed by atoms with Crippen molar-refractivity contribution in [3.63, 3.8) is 0 Å². The summed E-state index contributed by atoms with van der Waals surface area (Å²) in [4.78, 5) is 20.1. The minimum absolute atomic E-state index is 0.0290. The van der Waals surface area contributed by atoms with Gasteiger partial charge in [0.2, 0.25) is 5.95 Å². The van der Waals surface area contributed by atoms with Crippen molar-refractivity contribution in [1.82, 2.24) is 9.55 Å². The normalized spacial score (nSPS) is 15.1. The second-order valence-electron chi connectivity index (χ2n) is 8.39. The molecule has 6 nitrogen and oxygen atoms in total. The van der Waals surface area contributed by atoms with E-state index in [-0.39, 0.29) is 17.0 Å². The summed E-state index contributed by atoms with van der Waals surface area (Å²) in [5.74, 6) is 0.0183. The molecule has 0 bridgehead atoms. The number of allylic oxidation sites excluding steroid dienone is 1. The number of halogens is 1. The highest BCUT2D eigenvalue weighted by molar-refractivity contribution is 5.85. The molecule has 1 aliphatic rings. The van der Waals surface area contributed by atoms with Crippen molar-refractivity contribution in [1.29, 1.82) is 0 Å². The predicted octanol–water partition coefficient (Wildman–Crippen LogP) is 4.42. The average Bonchev–Trinajstić information content (AvgIpc) is 2.78. The van der Waals surface area contributed by atoms with Crippen LogP contribution in [0.5, 0.6) is 0 Å². The molecule has 0 saturated carbocycles. The number of fused-ring (bicyclic) bond motifs is 1. The molecule has 0 aliphatic carbocycles. The lowest BCUT2D eigenvalue weighted by Gasteiger charge is -2.29. The van der Waals surface area contributed by atoms with E-state index in [0.717, 1.165) is 22.4 Å². The van der Waals surface area contributed by atoms with Gasteiger partial charge in [0, 0.05) is 31.4 Å². The maximum Gasteiger partial charge on any atom is 0.265 e. The molecule has 2 aromatic carbocycles. The van der Waals surface area contributed by atoms with E-state index in [4.69, 9.17) is 9.72 Å². The molecule has 0 amide bonds. The minimum Gasteiger partial charge on any atom is -0.378 e. The van der Waals surface area contributed by atoms with Crippen molar-refractivity contribution in [2.24, 2.45) is 7.05 Å². The van der Waals surface area contributed by atoms with Crippen LogP contribution in [0.25, 0.3) is 16.5 Å². The van der Waals surface area contributed by atoms with Crippen LogP contribution in [0.3, 0.4) is 0 Å². The molecule has 1 saturated heterocycles. The lowest BCUT2D eigenvalue weighted by atomic mass is 9.99.